The summed E-state index contributed by atoms with van der Waals surface area (Å²) in [5.41, 5.74) is 1.60. The Labute approximate surface area is 135 Å². The topological polar surface area (TPSA) is 9.23 Å². The van der Waals surface area contributed by atoms with Gasteiger partial charge in [0.2, 0.25) is 0 Å². The Morgan fingerprint density at radius 3 is 2.70 bits per heavy atom. The molecule has 0 fully saturated rings. The normalized spacial score (nSPS) is 12.2. The zero-order valence-corrected chi connectivity index (χ0v) is 13.8. The third-order valence-electron chi connectivity index (χ3n) is 2.88. The quantitative estimate of drug-likeness (QED) is 0.614. The maximum atomic E-state index is 13.2. The van der Waals surface area contributed by atoms with E-state index in [2.05, 4.69) is 15.9 Å². The highest BCUT2D eigenvalue weighted by Crippen LogP contribution is 2.39. The number of ether oxygens (including phenoxy) is 1. The Hall–Kier alpha value is -0.770. The van der Waals surface area contributed by atoms with Gasteiger partial charge in [-0.05, 0) is 52.2 Å². The number of hydrogen-bond acceptors (Lipinski definition) is 1. The van der Waals surface area contributed by atoms with Gasteiger partial charge >= 0.3 is 0 Å². The number of hydrogen-bond donors (Lipinski definition) is 0. The lowest BCUT2D eigenvalue weighted by atomic mass is 10.0. The van der Waals surface area contributed by atoms with Gasteiger partial charge < -0.3 is 4.74 Å². The minimum Gasteiger partial charge on any atom is -0.495 e. The molecule has 0 heterocycles. The molecule has 0 aliphatic heterocycles. The van der Waals surface area contributed by atoms with E-state index in [9.17, 15) is 4.39 Å². The van der Waals surface area contributed by atoms with E-state index in [0.717, 1.165) is 15.6 Å². The summed E-state index contributed by atoms with van der Waals surface area (Å²) in [6, 6.07) is 9.90. The van der Waals surface area contributed by atoms with Crippen LogP contribution >= 0.6 is 39.1 Å². The van der Waals surface area contributed by atoms with E-state index in [1.165, 1.54) is 12.1 Å². The molecule has 0 saturated heterocycles. The van der Waals surface area contributed by atoms with Crippen LogP contribution < -0.4 is 4.74 Å². The molecule has 106 valence electrons. The van der Waals surface area contributed by atoms with Gasteiger partial charge in [-0.15, -0.1) is 11.6 Å². The van der Waals surface area contributed by atoms with E-state index in [4.69, 9.17) is 27.9 Å². The first kappa shape index (κ1) is 15.6. The Kier molecular flexibility index (Phi) is 5.30. The van der Waals surface area contributed by atoms with Crippen LogP contribution in [0.5, 0.6) is 5.75 Å². The fourth-order valence-electron chi connectivity index (χ4n) is 2.01. The van der Waals surface area contributed by atoms with Crippen LogP contribution in [0, 0.1) is 5.82 Å². The van der Waals surface area contributed by atoms with Crippen LogP contribution in [0.4, 0.5) is 4.39 Å². The summed E-state index contributed by atoms with van der Waals surface area (Å²) < 4.78 is 19.3. The van der Waals surface area contributed by atoms with Crippen LogP contribution in [0.25, 0.3) is 0 Å². The van der Waals surface area contributed by atoms with Crippen molar-refractivity contribution in [2.45, 2.75) is 11.8 Å². The SMILES string of the molecule is COc1c(Br)cc(Cl)cc1C(Cl)Cc1cccc(F)c1. The van der Waals surface area contributed by atoms with Crippen molar-refractivity contribution in [3.05, 3.63) is 62.8 Å². The fraction of sp³-hybridized carbons (Fsp3) is 0.200. The largest absolute Gasteiger partial charge is 0.495 e. The van der Waals surface area contributed by atoms with Gasteiger partial charge in [-0.3, -0.25) is 0 Å². The second-order valence-corrected chi connectivity index (χ2v) is 6.13. The van der Waals surface area contributed by atoms with Crippen molar-refractivity contribution in [2.24, 2.45) is 0 Å². The Balaban J connectivity index is 2.31. The first-order valence-electron chi connectivity index (χ1n) is 5.92. The second-order valence-electron chi connectivity index (χ2n) is 4.31. The van der Waals surface area contributed by atoms with E-state index in [0.29, 0.717) is 17.2 Å². The average molecular weight is 378 g/mol. The molecule has 0 aromatic heterocycles. The maximum Gasteiger partial charge on any atom is 0.137 e. The molecule has 1 nitrogen and oxygen atoms in total. The summed E-state index contributed by atoms with van der Waals surface area (Å²) >= 11 is 15.9. The van der Waals surface area contributed by atoms with Crippen molar-refractivity contribution in [1.82, 2.24) is 0 Å². The van der Waals surface area contributed by atoms with Crippen LogP contribution in [-0.4, -0.2) is 7.11 Å². The van der Waals surface area contributed by atoms with E-state index in [1.807, 2.05) is 6.07 Å². The Morgan fingerprint density at radius 2 is 2.05 bits per heavy atom. The lowest BCUT2D eigenvalue weighted by Crippen LogP contribution is -2.00. The van der Waals surface area contributed by atoms with Gasteiger partial charge in [-0.1, -0.05) is 23.7 Å². The highest BCUT2D eigenvalue weighted by molar-refractivity contribution is 9.10. The molecular formula is C15H12BrCl2FO. The van der Waals surface area contributed by atoms with Crippen LogP contribution in [0.2, 0.25) is 5.02 Å². The van der Waals surface area contributed by atoms with Crippen molar-refractivity contribution < 1.29 is 9.13 Å². The van der Waals surface area contributed by atoms with E-state index < -0.39 is 0 Å². The zero-order chi connectivity index (χ0) is 14.7. The zero-order valence-electron chi connectivity index (χ0n) is 10.7. The van der Waals surface area contributed by atoms with Crippen molar-refractivity contribution in [2.75, 3.05) is 7.11 Å². The Morgan fingerprint density at radius 1 is 1.30 bits per heavy atom. The number of alkyl halides is 1. The van der Waals surface area contributed by atoms with Gasteiger partial charge in [-0.25, -0.2) is 4.39 Å². The Bertz CT molecular complexity index is 619. The summed E-state index contributed by atoms with van der Waals surface area (Å²) in [6.45, 7) is 0. The monoisotopic (exact) mass is 376 g/mol. The molecule has 0 N–H and O–H groups in total. The van der Waals surface area contributed by atoms with E-state index >= 15 is 0 Å². The molecule has 2 aromatic carbocycles. The summed E-state index contributed by atoms with van der Waals surface area (Å²) in [5, 5.41) is 0.208. The third-order valence-corrected chi connectivity index (χ3v) is 4.08. The highest BCUT2D eigenvalue weighted by atomic mass is 79.9. The molecule has 0 aliphatic carbocycles. The van der Waals surface area contributed by atoms with Gasteiger partial charge in [0.1, 0.15) is 11.6 Å². The molecular weight excluding hydrogens is 366 g/mol. The predicted molar refractivity (Wildman–Crippen MR) is 84.4 cm³/mol. The highest BCUT2D eigenvalue weighted by Gasteiger charge is 2.18. The molecule has 0 bridgehead atoms. The van der Waals surface area contributed by atoms with Crippen LogP contribution in [-0.2, 0) is 6.42 Å². The third kappa shape index (κ3) is 3.66. The minimum atomic E-state index is -0.359. The van der Waals surface area contributed by atoms with Gasteiger partial charge in [-0.2, -0.15) is 0 Å². The van der Waals surface area contributed by atoms with Crippen LogP contribution in [0.15, 0.2) is 40.9 Å². The average Bonchev–Trinajstić information content (AvgIpc) is 2.37. The molecule has 0 amide bonds. The van der Waals surface area contributed by atoms with Crippen molar-refractivity contribution in [1.29, 1.82) is 0 Å². The molecule has 0 saturated carbocycles. The van der Waals surface area contributed by atoms with Gasteiger partial charge in [0.25, 0.3) is 0 Å². The van der Waals surface area contributed by atoms with Crippen molar-refractivity contribution in [3.63, 3.8) is 0 Å². The first-order valence-corrected chi connectivity index (χ1v) is 7.53. The van der Waals surface area contributed by atoms with Gasteiger partial charge in [0.15, 0.2) is 0 Å². The van der Waals surface area contributed by atoms with Crippen LogP contribution in [0.3, 0.4) is 0 Å². The molecule has 0 spiro atoms. The van der Waals surface area contributed by atoms with E-state index in [1.54, 1.807) is 25.3 Å². The molecule has 2 rings (SSSR count). The number of rotatable bonds is 4. The number of halogens is 4. The smallest absolute Gasteiger partial charge is 0.137 e. The molecule has 0 radical (unpaired) electrons. The fourth-order valence-corrected chi connectivity index (χ4v) is 3.35. The molecule has 1 unspecified atom stereocenters. The predicted octanol–water partition coefficient (Wildman–Crippen LogP) is 5.77. The molecule has 2 aromatic rings. The van der Waals surface area contributed by atoms with Crippen molar-refractivity contribution >= 4 is 39.1 Å². The number of benzene rings is 2. The lowest BCUT2D eigenvalue weighted by molar-refractivity contribution is 0.406. The van der Waals surface area contributed by atoms with Gasteiger partial charge in [0.05, 0.1) is 17.0 Å². The molecule has 0 aliphatic rings. The maximum absolute atomic E-state index is 13.2. The standard InChI is InChI=1S/C15H12BrCl2FO/c1-20-15-12(7-10(17)8-13(15)16)14(18)6-9-3-2-4-11(19)5-9/h2-5,7-8,14H,6H2,1H3. The number of methoxy groups -OCH3 is 1. The molecule has 5 heteroatoms. The van der Waals surface area contributed by atoms with E-state index in [-0.39, 0.29) is 11.2 Å². The summed E-state index contributed by atoms with van der Waals surface area (Å²) in [5.74, 6) is 0.372. The molecule has 1 atom stereocenters. The summed E-state index contributed by atoms with van der Waals surface area (Å²) in [7, 11) is 1.57. The summed E-state index contributed by atoms with van der Waals surface area (Å²) in [4.78, 5) is 0. The molecule has 20 heavy (non-hydrogen) atoms. The minimum absolute atomic E-state index is 0.273. The summed E-state index contributed by atoms with van der Waals surface area (Å²) in [6.07, 6.45) is 0.489. The van der Waals surface area contributed by atoms with Crippen molar-refractivity contribution in [3.8, 4) is 5.75 Å². The van der Waals surface area contributed by atoms with Crippen LogP contribution in [0.1, 0.15) is 16.5 Å². The van der Waals surface area contributed by atoms with Gasteiger partial charge in [0, 0.05) is 10.6 Å². The lowest BCUT2D eigenvalue weighted by Gasteiger charge is -2.16. The first-order chi connectivity index (χ1) is 9.51. The second kappa shape index (κ2) is 6.79.